The SMILES string of the molecule is Cn1ncnc1CC(=O)CCCc1ccccc1. The fraction of sp³-hybridized carbons (Fsp3) is 0.357. The Labute approximate surface area is 107 Å². The van der Waals surface area contributed by atoms with Crippen molar-refractivity contribution < 1.29 is 4.79 Å². The van der Waals surface area contributed by atoms with Crippen LogP contribution in [-0.4, -0.2) is 20.5 Å². The van der Waals surface area contributed by atoms with Crippen LogP contribution < -0.4 is 0 Å². The van der Waals surface area contributed by atoms with Gasteiger partial charge in [0.2, 0.25) is 0 Å². The second kappa shape index (κ2) is 6.10. The Bertz CT molecular complexity index is 505. The molecule has 0 radical (unpaired) electrons. The van der Waals surface area contributed by atoms with E-state index >= 15 is 0 Å². The van der Waals surface area contributed by atoms with Crippen LogP contribution in [0.5, 0.6) is 0 Å². The van der Waals surface area contributed by atoms with E-state index in [2.05, 4.69) is 22.2 Å². The first-order valence-corrected chi connectivity index (χ1v) is 6.14. The van der Waals surface area contributed by atoms with Gasteiger partial charge in [-0.05, 0) is 18.4 Å². The van der Waals surface area contributed by atoms with E-state index in [-0.39, 0.29) is 5.78 Å². The maximum Gasteiger partial charge on any atom is 0.140 e. The molecule has 0 amide bonds. The minimum atomic E-state index is 0.224. The number of carbonyl (C=O) groups is 1. The number of rotatable bonds is 6. The summed E-state index contributed by atoms with van der Waals surface area (Å²) in [5.41, 5.74) is 1.28. The average Bonchev–Trinajstić information content (AvgIpc) is 2.76. The zero-order chi connectivity index (χ0) is 12.8. The zero-order valence-corrected chi connectivity index (χ0v) is 10.5. The molecular weight excluding hydrogens is 226 g/mol. The molecule has 4 heteroatoms. The van der Waals surface area contributed by atoms with E-state index in [9.17, 15) is 4.79 Å². The lowest BCUT2D eigenvalue weighted by Gasteiger charge is -2.01. The Hall–Kier alpha value is -1.97. The highest BCUT2D eigenvalue weighted by Gasteiger charge is 2.08. The Morgan fingerprint density at radius 2 is 2.06 bits per heavy atom. The van der Waals surface area contributed by atoms with Crippen LogP contribution in [0.4, 0.5) is 0 Å². The minimum Gasteiger partial charge on any atom is -0.299 e. The molecule has 1 aromatic heterocycles. The highest BCUT2D eigenvalue weighted by Crippen LogP contribution is 2.06. The van der Waals surface area contributed by atoms with Gasteiger partial charge in [0.25, 0.3) is 0 Å². The van der Waals surface area contributed by atoms with Gasteiger partial charge in [-0.1, -0.05) is 30.3 Å². The Kier molecular flexibility index (Phi) is 4.23. The molecule has 0 aliphatic carbocycles. The first-order valence-electron chi connectivity index (χ1n) is 6.14. The van der Waals surface area contributed by atoms with E-state index in [1.807, 2.05) is 18.2 Å². The number of aromatic nitrogens is 3. The summed E-state index contributed by atoms with van der Waals surface area (Å²) < 4.78 is 1.65. The van der Waals surface area contributed by atoms with Crippen LogP contribution in [0.3, 0.4) is 0 Å². The van der Waals surface area contributed by atoms with Gasteiger partial charge >= 0.3 is 0 Å². The topological polar surface area (TPSA) is 47.8 Å². The molecule has 18 heavy (non-hydrogen) atoms. The molecule has 0 saturated carbocycles. The molecule has 0 fully saturated rings. The van der Waals surface area contributed by atoms with Gasteiger partial charge in [0.1, 0.15) is 17.9 Å². The van der Waals surface area contributed by atoms with Crippen molar-refractivity contribution >= 4 is 5.78 Å². The molecule has 0 aliphatic rings. The monoisotopic (exact) mass is 243 g/mol. The van der Waals surface area contributed by atoms with Crippen molar-refractivity contribution in [2.24, 2.45) is 7.05 Å². The largest absolute Gasteiger partial charge is 0.299 e. The molecule has 2 rings (SSSR count). The smallest absolute Gasteiger partial charge is 0.140 e. The van der Waals surface area contributed by atoms with Gasteiger partial charge in [0, 0.05) is 13.5 Å². The van der Waals surface area contributed by atoms with Crippen LogP contribution >= 0.6 is 0 Å². The molecule has 0 atom stereocenters. The van der Waals surface area contributed by atoms with E-state index in [0.717, 1.165) is 18.7 Å². The molecule has 2 aromatic rings. The number of Topliss-reactive ketones (excluding diaryl/α,β-unsaturated/α-hetero) is 1. The van der Waals surface area contributed by atoms with Crippen molar-refractivity contribution in [3.8, 4) is 0 Å². The van der Waals surface area contributed by atoms with Crippen molar-refractivity contribution in [2.75, 3.05) is 0 Å². The number of ketones is 1. The van der Waals surface area contributed by atoms with Crippen LogP contribution in [0.1, 0.15) is 24.2 Å². The van der Waals surface area contributed by atoms with Gasteiger partial charge in [-0.2, -0.15) is 5.10 Å². The lowest BCUT2D eigenvalue weighted by molar-refractivity contribution is -0.118. The highest BCUT2D eigenvalue weighted by molar-refractivity contribution is 5.80. The average molecular weight is 243 g/mol. The third kappa shape index (κ3) is 3.52. The number of hydrogen-bond acceptors (Lipinski definition) is 3. The lowest BCUT2D eigenvalue weighted by atomic mass is 10.1. The fourth-order valence-corrected chi connectivity index (χ4v) is 1.88. The summed E-state index contributed by atoms with van der Waals surface area (Å²) in [5, 5.41) is 3.95. The van der Waals surface area contributed by atoms with Crippen molar-refractivity contribution in [1.29, 1.82) is 0 Å². The predicted molar refractivity (Wildman–Crippen MR) is 69.1 cm³/mol. The van der Waals surface area contributed by atoms with Gasteiger partial charge < -0.3 is 0 Å². The summed E-state index contributed by atoms with van der Waals surface area (Å²) in [4.78, 5) is 15.8. The van der Waals surface area contributed by atoms with Crippen LogP contribution in [0.25, 0.3) is 0 Å². The molecule has 0 N–H and O–H groups in total. The van der Waals surface area contributed by atoms with Crippen LogP contribution in [-0.2, 0) is 24.7 Å². The van der Waals surface area contributed by atoms with Gasteiger partial charge in [0.15, 0.2) is 0 Å². The Balaban J connectivity index is 1.74. The summed E-state index contributed by atoms with van der Waals surface area (Å²) in [6.07, 6.45) is 4.30. The summed E-state index contributed by atoms with van der Waals surface area (Å²) in [6.45, 7) is 0. The van der Waals surface area contributed by atoms with Gasteiger partial charge in [-0.25, -0.2) is 4.98 Å². The molecule has 4 nitrogen and oxygen atoms in total. The van der Waals surface area contributed by atoms with Crippen LogP contribution in [0.2, 0.25) is 0 Å². The molecular formula is C14H17N3O. The number of aryl methyl sites for hydroxylation is 2. The lowest BCUT2D eigenvalue weighted by Crippen LogP contribution is -2.08. The minimum absolute atomic E-state index is 0.224. The number of hydrogen-bond donors (Lipinski definition) is 0. The third-order valence-electron chi connectivity index (χ3n) is 2.92. The summed E-state index contributed by atoms with van der Waals surface area (Å²) in [7, 11) is 1.81. The molecule has 1 heterocycles. The number of benzene rings is 1. The predicted octanol–water partition coefficient (Wildman–Crippen LogP) is 1.95. The van der Waals surface area contributed by atoms with E-state index in [4.69, 9.17) is 0 Å². The van der Waals surface area contributed by atoms with Crippen LogP contribution in [0, 0.1) is 0 Å². The highest BCUT2D eigenvalue weighted by atomic mass is 16.1. The summed E-state index contributed by atoms with van der Waals surface area (Å²) in [5.74, 6) is 0.960. The fourth-order valence-electron chi connectivity index (χ4n) is 1.88. The van der Waals surface area contributed by atoms with Crippen molar-refractivity contribution in [2.45, 2.75) is 25.7 Å². The Morgan fingerprint density at radius 3 is 2.72 bits per heavy atom. The molecule has 0 saturated heterocycles. The van der Waals surface area contributed by atoms with E-state index in [1.54, 1.807) is 11.7 Å². The third-order valence-corrected chi connectivity index (χ3v) is 2.92. The normalized spacial score (nSPS) is 10.5. The second-order valence-corrected chi connectivity index (χ2v) is 4.35. The van der Waals surface area contributed by atoms with Gasteiger partial charge in [-0.15, -0.1) is 0 Å². The summed E-state index contributed by atoms with van der Waals surface area (Å²) >= 11 is 0. The molecule has 0 unspecified atom stereocenters. The number of carbonyl (C=O) groups excluding carboxylic acids is 1. The van der Waals surface area contributed by atoms with Crippen molar-refractivity contribution in [3.63, 3.8) is 0 Å². The van der Waals surface area contributed by atoms with Crippen LogP contribution in [0.15, 0.2) is 36.7 Å². The maximum absolute atomic E-state index is 11.8. The van der Waals surface area contributed by atoms with E-state index < -0.39 is 0 Å². The zero-order valence-electron chi connectivity index (χ0n) is 10.5. The van der Waals surface area contributed by atoms with Gasteiger partial charge in [-0.3, -0.25) is 9.48 Å². The molecule has 1 aromatic carbocycles. The van der Waals surface area contributed by atoms with Crippen molar-refractivity contribution in [3.05, 3.63) is 48.0 Å². The van der Waals surface area contributed by atoms with E-state index in [0.29, 0.717) is 12.8 Å². The first kappa shape index (κ1) is 12.5. The maximum atomic E-state index is 11.8. The molecule has 94 valence electrons. The van der Waals surface area contributed by atoms with E-state index in [1.165, 1.54) is 11.9 Å². The first-order chi connectivity index (χ1) is 8.75. The number of nitrogens with zero attached hydrogens (tertiary/aromatic N) is 3. The molecule has 0 spiro atoms. The quantitative estimate of drug-likeness (QED) is 0.779. The van der Waals surface area contributed by atoms with Gasteiger partial charge in [0.05, 0.1) is 6.42 Å². The summed E-state index contributed by atoms with van der Waals surface area (Å²) in [6, 6.07) is 10.2. The molecule has 0 aliphatic heterocycles. The van der Waals surface area contributed by atoms with Crippen molar-refractivity contribution in [1.82, 2.24) is 14.8 Å². The Morgan fingerprint density at radius 1 is 1.28 bits per heavy atom. The standard InChI is InChI=1S/C14H17N3O/c1-17-14(15-11-16-17)10-13(18)9-5-8-12-6-3-2-4-7-12/h2-4,6-7,11H,5,8-10H2,1H3. The molecule has 0 bridgehead atoms. The second-order valence-electron chi connectivity index (χ2n) is 4.35.